The van der Waals surface area contributed by atoms with E-state index in [-0.39, 0.29) is 11.3 Å². The number of nitro groups is 1. The fourth-order valence-electron chi connectivity index (χ4n) is 2.11. The fraction of sp³-hybridized carbons (Fsp3) is 0. The van der Waals surface area contributed by atoms with Gasteiger partial charge in [-0.2, -0.15) is 5.26 Å². The predicted octanol–water partition coefficient (Wildman–Crippen LogP) is 3.84. The van der Waals surface area contributed by atoms with E-state index < -0.39 is 10.8 Å². The van der Waals surface area contributed by atoms with Crippen molar-refractivity contribution in [1.82, 2.24) is 4.98 Å². The molecule has 0 fully saturated rings. The summed E-state index contributed by atoms with van der Waals surface area (Å²) in [4.78, 5) is 26.8. The van der Waals surface area contributed by atoms with Gasteiger partial charge >= 0.3 is 0 Å². The number of amides is 1. The van der Waals surface area contributed by atoms with E-state index in [4.69, 9.17) is 5.26 Å². The van der Waals surface area contributed by atoms with Gasteiger partial charge in [-0.05, 0) is 18.2 Å². The number of non-ortho nitro benzene ring substituents is 1. The lowest BCUT2D eigenvalue weighted by molar-refractivity contribution is -0.384. The Balaban J connectivity index is 1.76. The predicted molar refractivity (Wildman–Crippen MR) is 93.3 cm³/mol. The second-order valence-electron chi connectivity index (χ2n) is 4.99. The number of nitriles is 1. The maximum atomic E-state index is 12.2. The number of benzene rings is 2. The standard InChI is InChI=1S/C17H10N4O3S/c18-9-11-4-6-12(7-5-11)15-10-25-17(19-15)20-16(22)13-2-1-3-14(8-13)21(23)24/h1-8,10H,(H,19,20,22). The molecule has 1 aromatic heterocycles. The first-order chi connectivity index (χ1) is 12.1. The number of hydrogen-bond donors (Lipinski definition) is 1. The van der Waals surface area contributed by atoms with Crippen LogP contribution in [0.15, 0.2) is 53.9 Å². The summed E-state index contributed by atoms with van der Waals surface area (Å²) in [6, 6.07) is 14.5. The monoisotopic (exact) mass is 350 g/mol. The molecule has 3 aromatic rings. The highest BCUT2D eigenvalue weighted by Crippen LogP contribution is 2.25. The molecule has 1 N–H and O–H groups in total. The van der Waals surface area contributed by atoms with Crippen LogP contribution in [-0.2, 0) is 0 Å². The van der Waals surface area contributed by atoms with E-state index in [1.54, 1.807) is 29.6 Å². The van der Waals surface area contributed by atoms with Gasteiger partial charge in [0.05, 0.1) is 22.2 Å². The Morgan fingerprint density at radius 1 is 1.24 bits per heavy atom. The number of anilines is 1. The van der Waals surface area contributed by atoms with Crippen LogP contribution in [0.3, 0.4) is 0 Å². The summed E-state index contributed by atoms with van der Waals surface area (Å²) >= 11 is 1.25. The van der Waals surface area contributed by atoms with Crippen LogP contribution in [0.1, 0.15) is 15.9 Å². The lowest BCUT2D eigenvalue weighted by atomic mass is 10.1. The minimum Gasteiger partial charge on any atom is -0.298 e. The Bertz CT molecular complexity index is 990. The van der Waals surface area contributed by atoms with Crippen molar-refractivity contribution in [2.45, 2.75) is 0 Å². The molecule has 7 nitrogen and oxygen atoms in total. The third-order valence-corrected chi connectivity index (χ3v) is 4.11. The van der Waals surface area contributed by atoms with E-state index in [0.29, 0.717) is 16.4 Å². The van der Waals surface area contributed by atoms with Crippen LogP contribution in [0, 0.1) is 21.4 Å². The topological polar surface area (TPSA) is 109 Å². The number of aromatic nitrogens is 1. The molecule has 3 rings (SSSR count). The zero-order valence-electron chi connectivity index (χ0n) is 12.7. The molecular weight excluding hydrogens is 340 g/mol. The van der Waals surface area contributed by atoms with Crippen molar-refractivity contribution in [3.8, 4) is 17.3 Å². The summed E-state index contributed by atoms with van der Waals surface area (Å²) < 4.78 is 0. The van der Waals surface area contributed by atoms with Gasteiger partial charge in [-0.1, -0.05) is 18.2 Å². The number of nitro benzene ring substituents is 1. The minimum atomic E-state index is -0.552. The molecular formula is C17H10N4O3S. The number of thiazole rings is 1. The number of nitrogens with one attached hydrogen (secondary N) is 1. The van der Waals surface area contributed by atoms with E-state index in [1.165, 1.54) is 35.6 Å². The normalized spacial score (nSPS) is 10.0. The average molecular weight is 350 g/mol. The molecule has 0 spiro atoms. The third kappa shape index (κ3) is 3.68. The van der Waals surface area contributed by atoms with Gasteiger partial charge in [0, 0.05) is 28.6 Å². The molecule has 25 heavy (non-hydrogen) atoms. The molecule has 0 atom stereocenters. The van der Waals surface area contributed by atoms with Crippen LogP contribution in [0.5, 0.6) is 0 Å². The maximum Gasteiger partial charge on any atom is 0.270 e. The molecule has 0 radical (unpaired) electrons. The van der Waals surface area contributed by atoms with Crippen molar-refractivity contribution < 1.29 is 9.72 Å². The number of carbonyl (C=O) groups is 1. The van der Waals surface area contributed by atoms with E-state index in [2.05, 4.69) is 10.3 Å². The van der Waals surface area contributed by atoms with Gasteiger partial charge in [-0.3, -0.25) is 20.2 Å². The second-order valence-corrected chi connectivity index (χ2v) is 5.85. The van der Waals surface area contributed by atoms with Gasteiger partial charge in [0.2, 0.25) is 0 Å². The smallest absolute Gasteiger partial charge is 0.270 e. The summed E-state index contributed by atoms with van der Waals surface area (Å²) in [6.07, 6.45) is 0. The molecule has 0 aliphatic carbocycles. The van der Waals surface area contributed by atoms with E-state index >= 15 is 0 Å². The van der Waals surface area contributed by atoms with Gasteiger partial charge in [-0.15, -0.1) is 11.3 Å². The van der Waals surface area contributed by atoms with Crippen LogP contribution < -0.4 is 5.32 Å². The number of nitrogens with zero attached hydrogens (tertiary/aromatic N) is 3. The van der Waals surface area contributed by atoms with E-state index in [9.17, 15) is 14.9 Å². The van der Waals surface area contributed by atoms with Crippen LogP contribution >= 0.6 is 11.3 Å². The summed E-state index contributed by atoms with van der Waals surface area (Å²) in [6.45, 7) is 0. The Morgan fingerprint density at radius 2 is 2.00 bits per heavy atom. The van der Waals surface area contributed by atoms with Crippen LogP contribution in [0.2, 0.25) is 0 Å². The van der Waals surface area contributed by atoms with Crippen molar-refractivity contribution in [2.75, 3.05) is 5.32 Å². The molecule has 0 aliphatic heterocycles. The van der Waals surface area contributed by atoms with Crippen molar-refractivity contribution in [1.29, 1.82) is 5.26 Å². The molecule has 0 saturated carbocycles. The Labute approximate surface area is 146 Å². The molecule has 2 aromatic carbocycles. The third-order valence-electron chi connectivity index (χ3n) is 3.35. The molecule has 0 aliphatic rings. The highest BCUT2D eigenvalue weighted by atomic mass is 32.1. The molecule has 122 valence electrons. The zero-order chi connectivity index (χ0) is 17.8. The molecule has 0 bridgehead atoms. The number of carbonyl (C=O) groups excluding carboxylic acids is 1. The first-order valence-corrected chi connectivity index (χ1v) is 7.96. The van der Waals surface area contributed by atoms with Gasteiger partial charge in [0.1, 0.15) is 0 Å². The Morgan fingerprint density at radius 3 is 2.68 bits per heavy atom. The lowest BCUT2D eigenvalue weighted by Gasteiger charge is -2.01. The molecule has 0 unspecified atom stereocenters. The van der Waals surface area contributed by atoms with Crippen molar-refractivity contribution in [2.24, 2.45) is 0 Å². The summed E-state index contributed by atoms with van der Waals surface area (Å²) in [5.41, 5.74) is 2.09. The van der Waals surface area contributed by atoms with Crippen molar-refractivity contribution >= 4 is 28.1 Å². The van der Waals surface area contributed by atoms with Crippen LogP contribution in [-0.4, -0.2) is 15.8 Å². The van der Waals surface area contributed by atoms with E-state index in [1.807, 2.05) is 6.07 Å². The first kappa shape index (κ1) is 16.3. The summed E-state index contributed by atoms with van der Waals surface area (Å²) in [5, 5.41) is 24.4. The highest BCUT2D eigenvalue weighted by Gasteiger charge is 2.13. The van der Waals surface area contributed by atoms with Gasteiger partial charge in [0.25, 0.3) is 11.6 Å². The molecule has 8 heteroatoms. The quantitative estimate of drug-likeness (QED) is 0.568. The van der Waals surface area contributed by atoms with Crippen LogP contribution in [0.4, 0.5) is 10.8 Å². The van der Waals surface area contributed by atoms with Gasteiger partial charge < -0.3 is 0 Å². The van der Waals surface area contributed by atoms with Crippen molar-refractivity contribution in [3.05, 3.63) is 75.2 Å². The van der Waals surface area contributed by atoms with E-state index in [0.717, 1.165) is 5.56 Å². The molecule has 0 saturated heterocycles. The second kappa shape index (κ2) is 6.90. The van der Waals surface area contributed by atoms with Gasteiger partial charge in [0.15, 0.2) is 5.13 Å². The Hall–Kier alpha value is -3.57. The zero-order valence-corrected chi connectivity index (χ0v) is 13.5. The summed E-state index contributed by atoms with van der Waals surface area (Å²) in [7, 11) is 0. The molecule has 1 heterocycles. The SMILES string of the molecule is N#Cc1ccc(-c2csc(NC(=O)c3cccc([N+](=O)[O-])c3)n2)cc1. The largest absolute Gasteiger partial charge is 0.298 e. The summed E-state index contributed by atoms with van der Waals surface area (Å²) in [5.74, 6) is -0.468. The molecule has 1 amide bonds. The average Bonchev–Trinajstić information content (AvgIpc) is 3.10. The minimum absolute atomic E-state index is 0.148. The maximum absolute atomic E-state index is 12.2. The Kier molecular flexibility index (Phi) is 4.50. The van der Waals surface area contributed by atoms with Crippen LogP contribution in [0.25, 0.3) is 11.3 Å². The first-order valence-electron chi connectivity index (χ1n) is 7.08. The van der Waals surface area contributed by atoms with Gasteiger partial charge in [-0.25, -0.2) is 4.98 Å². The number of rotatable bonds is 4. The van der Waals surface area contributed by atoms with Crippen molar-refractivity contribution in [3.63, 3.8) is 0 Å². The fourth-order valence-corrected chi connectivity index (χ4v) is 2.82. The number of hydrogen-bond acceptors (Lipinski definition) is 6. The lowest BCUT2D eigenvalue weighted by Crippen LogP contribution is -2.11. The highest BCUT2D eigenvalue weighted by molar-refractivity contribution is 7.14.